The Morgan fingerprint density at radius 3 is 3.00 bits per heavy atom. The van der Waals surface area contributed by atoms with Crippen molar-refractivity contribution in [2.24, 2.45) is 5.92 Å². The van der Waals surface area contributed by atoms with E-state index in [2.05, 4.69) is 37.9 Å². The van der Waals surface area contributed by atoms with E-state index in [1.807, 2.05) is 0 Å². The van der Waals surface area contributed by atoms with Crippen LogP contribution in [0.25, 0.3) is 0 Å². The molecule has 3 aliphatic rings. The molecule has 2 fully saturated rings. The van der Waals surface area contributed by atoms with E-state index in [4.69, 9.17) is 5.73 Å². The third-order valence-corrected chi connectivity index (χ3v) is 6.54. The number of anilines is 1. The first-order valence-electron chi connectivity index (χ1n) is 6.06. The van der Waals surface area contributed by atoms with Crippen LogP contribution in [0.2, 0.25) is 0 Å². The SMILES string of the molecule is CC1(C)C=C2NCC3CC23c2c1sc(N)c2S. The summed E-state index contributed by atoms with van der Waals surface area (Å²) in [4.78, 5) is 2.46. The van der Waals surface area contributed by atoms with Crippen molar-refractivity contribution >= 4 is 29.0 Å². The number of rotatable bonds is 0. The molecule has 2 nitrogen and oxygen atoms in total. The fourth-order valence-electron chi connectivity index (χ4n) is 3.65. The summed E-state index contributed by atoms with van der Waals surface area (Å²) in [6.07, 6.45) is 3.68. The van der Waals surface area contributed by atoms with Crippen LogP contribution >= 0.6 is 24.0 Å². The summed E-state index contributed by atoms with van der Waals surface area (Å²) in [7, 11) is 0. The van der Waals surface area contributed by atoms with E-state index in [0.717, 1.165) is 22.4 Å². The minimum Gasteiger partial charge on any atom is -0.390 e. The van der Waals surface area contributed by atoms with Gasteiger partial charge in [0.1, 0.15) is 0 Å². The largest absolute Gasteiger partial charge is 0.390 e. The van der Waals surface area contributed by atoms with Gasteiger partial charge in [-0.15, -0.1) is 24.0 Å². The highest BCUT2D eigenvalue weighted by Crippen LogP contribution is 2.68. The molecule has 1 saturated carbocycles. The Morgan fingerprint density at radius 1 is 1.53 bits per heavy atom. The van der Waals surface area contributed by atoms with E-state index < -0.39 is 0 Å². The minimum absolute atomic E-state index is 0.0835. The third kappa shape index (κ3) is 1.01. The zero-order chi connectivity index (χ0) is 12.0. The predicted octanol–water partition coefficient (Wildman–Crippen LogP) is 2.66. The lowest BCUT2D eigenvalue weighted by Gasteiger charge is -2.32. The number of hydrogen-bond donors (Lipinski definition) is 3. The number of fused-ring (bicyclic) bond motifs is 1. The number of allylic oxidation sites excluding steroid dienone is 2. The molecule has 0 radical (unpaired) electrons. The van der Waals surface area contributed by atoms with Crippen LogP contribution < -0.4 is 11.1 Å². The predicted molar refractivity (Wildman–Crippen MR) is 74.9 cm³/mol. The van der Waals surface area contributed by atoms with E-state index in [-0.39, 0.29) is 10.8 Å². The van der Waals surface area contributed by atoms with Gasteiger partial charge in [0.15, 0.2) is 0 Å². The summed E-state index contributed by atoms with van der Waals surface area (Å²) in [6, 6.07) is 0. The number of thiophene rings is 1. The zero-order valence-electron chi connectivity index (χ0n) is 10.0. The molecule has 1 aromatic heterocycles. The summed E-state index contributed by atoms with van der Waals surface area (Å²) < 4.78 is 0. The Labute approximate surface area is 111 Å². The van der Waals surface area contributed by atoms with Crippen LogP contribution in [0.15, 0.2) is 16.7 Å². The highest BCUT2D eigenvalue weighted by atomic mass is 32.1. The topological polar surface area (TPSA) is 38.0 Å². The molecule has 2 heterocycles. The van der Waals surface area contributed by atoms with Crippen LogP contribution in [0.5, 0.6) is 0 Å². The van der Waals surface area contributed by atoms with Crippen molar-refractivity contribution in [3.05, 3.63) is 22.2 Å². The minimum atomic E-state index is 0.0835. The van der Waals surface area contributed by atoms with Gasteiger partial charge in [-0.25, -0.2) is 0 Å². The lowest BCUT2D eigenvalue weighted by atomic mass is 9.75. The summed E-state index contributed by atoms with van der Waals surface area (Å²) in [5.74, 6) is 0.767. The maximum absolute atomic E-state index is 6.10. The average molecular weight is 264 g/mol. The Kier molecular flexibility index (Phi) is 1.64. The smallest absolute Gasteiger partial charge is 0.0998 e. The molecule has 0 bridgehead atoms. The van der Waals surface area contributed by atoms with Crippen molar-refractivity contribution in [2.75, 3.05) is 12.3 Å². The van der Waals surface area contributed by atoms with E-state index >= 15 is 0 Å². The van der Waals surface area contributed by atoms with Gasteiger partial charge in [0.25, 0.3) is 0 Å². The highest BCUT2D eigenvalue weighted by Gasteiger charge is 2.65. The first kappa shape index (κ1) is 10.3. The maximum atomic E-state index is 6.10. The van der Waals surface area contributed by atoms with Crippen LogP contribution in [0.3, 0.4) is 0 Å². The molecule has 3 N–H and O–H groups in total. The summed E-state index contributed by atoms with van der Waals surface area (Å²) in [5.41, 5.74) is 9.30. The number of thiol groups is 1. The Morgan fingerprint density at radius 2 is 2.29 bits per heavy atom. The number of hydrogen-bond acceptors (Lipinski definition) is 4. The van der Waals surface area contributed by atoms with Crippen molar-refractivity contribution in [2.45, 2.75) is 36.0 Å². The normalized spacial score (nSPS) is 35.5. The Bertz CT molecular complexity index is 570. The zero-order valence-corrected chi connectivity index (χ0v) is 11.7. The van der Waals surface area contributed by atoms with Gasteiger partial charge < -0.3 is 11.1 Å². The molecule has 1 spiro atoms. The molecule has 17 heavy (non-hydrogen) atoms. The molecular formula is C13H16N2S2. The number of nitrogens with one attached hydrogen (secondary N) is 1. The number of nitrogen functional groups attached to an aromatic ring is 1. The second-order valence-corrected chi connectivity index (χ2v) is 7.55. The van der Waals surface area contributed by atoms with Gasteiger partial charge >= 0.3 is 0 Å². The molecule has 1 aliphatic heterocycles. The first-order chi connectivity index (χ1) is 7.97. The van der Waals surface area contributed by atoms with Crippen molar-refractivity contribution in [3.63, 3.8) is 0 Å². The van der Waals surface area contributed by atoms with Gasteiger partial charge in [0.05, 0.1) is 5.00 Å². The summed E-state index contributed by atoms with van der Waals surface area (Å²) in [6.45, 7) is 5.66. The second-order valence-electron chi connectivity index (χ2n) is 6.05. The standard InChI is InChI=1S/C13H16N2S2/c1-12(2)4-7-13(3-6(13)5-15-7)8-9(16)11(14)17-10(8)12/h4,6,15-16H,3,5,14H2,1-2H3. The van der Waals surface area contributed by atoms with E-state index in [1.54, 1.807) is 11.3 Å². The monoisotopic (exact) mass is 264 g/mol. The molecule has 2 aliphatic carbocycles. The van der Waals surface area contributed by atoms with Crippen LogP contribution in [0.4, 0.5) is 5.00 Å². The fourth-order valence-corrected chi connectivity index (χ4v) is 5.30. The molecule has 2 atom stereocenters. The van der Waals surface area contributed by atoms with Gasteiger partial charge in [0, 0.05) is 32.8 Å². The Hall–Kier alpha value is -0.610. The molecule has 0 aromatic carbocycles. The lowest BCUT2D eigenvalue weighted by Crippen LogP contribution is -2.29. The van der Waals surface area contributed by atoms with Crippen LogP contribution in [-0.4, -0.2) is 6.54 Å². The molecule has 4 heteroatoms. The van der Waals surface area contributed by atoms with E-state index in [0.29, 0.717) is 0 Å². The highest BCUT2D eigenvalue weighted by molar-refractivity contribution is 7.80. The fraction of sp³-hybridized carbons (Fsp3) is 0.538. The molecule has 1 saturated heterocycles. The van der Waals surface area contributed by atoms with E-state index in [1.165, 1.54) is 22.6 Å². The summed E-state index contributed by atoms with van der Waals surface area (Å²) >= 11 is 6.40. The van der Waals surface area contributed by atoms with Gasteiger partial charge in [-0.05, 0) is 17.9 Å². The van der Waals surface area contributed by atoms with Crippen molar-refractivity contribution in [1.29, 1.82) is 0 Å². The second kappa shape index (κ2) is 2.69. The van der Waals surface area contributed by atoms with Gasteiger partial charge in [-0.3, -0.25) is 0 Å². The van der Waals surface area contributed by atoms with Crippen molar-refractivity contribution in [3.8, 4) is 0 Å². The van der Waals surface area contributed by atoms with Crippen molar-refractivity contribution < 1.29 is 0 Å². The first-order valence-corrected chi connectivity index (χ1v) is 7.32. The van der Waals surface area contributed by atoms with Gasteiger partial charge in [-0.2, -0.15) is 0 Å². The molecule has 0 amide bonds. The van der Waals surface area contributed by atoms with E-state index in [9.17, 15) is 0 Å². The third-order valence-electron chi connectivity index (χ3n) is 4.57. The quantitative estimate of drug-likeness (QED) is 0.630. The van der Waals surface area contributed by atoms with Gasteiger partial charge in [0.2, 0.25) is 0 Å². The molecule has 4 rings (SSSR count). The molecular weight excluding hydrogens is 248 g/mol. The number of piperidine rings is 1. The lowest BCUT2D eigenvalue weighted by molar-refractivity contribution is 0.601. The number of nitrogens with two attached hydrogens (primary N) is 1. The van der Waals surface area contributed by atoms with Crippen LogP contribution in [0, 0.1) is 5.92 Å². The van der Waals surface area contributed by atoms with Crippen molar-refractivity contribution in [1.82, 2.24) is 5.32 Å². The Balaban J connectivity index is 2.07. The van der Waals surface area contributed by atoms with Crippen LogP contribution in [-0.2, 0) is 10.8 Å². The molecule has 2 unspecified atom stereocenters. The molecule has 1 aromatic rings. The maximum Gasteiger partial charge on any atom is 0.0998 e. The van der Waals surface area contributed by atoms with Gasteiger partial charge in [-0.1, -0.05) is 19.9 Å². The molecule has 90 valence electrons. The van der Waals surface area contributed by atoms with Crippen LogP contribution in [0.1, 0.15) is 30.7 Å². The summed E-state index contributed by atoms with van der Waals surface area (Å²) in [5, 5.41) is 4.46. The average Bonchev–Trinajstić information content (AvgIpc) is 2.75.